The van der Waals surface area contributed by atoms with Gasteiger partial charge in [-0.3, -0.25) is 15.0 Å². The molecule has 1 fully saturated rings. The lowest BCUT2D eigenvalue weighted by molar-refractivity contribution is -0.384. The van der Waals surface area contributed by atoms with Crippen molar-refractivity contribution in [2.45, 2.75) is 31.6 Å². The Morgan fingerprint density at radius 1 is 1.17 bits per heavy atom. The molecule has 0 saturated carbocycles. The predicted octanol–water partition coefficient (Wildman–Crippen LogP) is 2.86. The van der Waals surface area contributed by atoms with Gasteiger partial charge in [0.05, 0.1) is 22.6 Å². The van der Waals surface area contributed by atoms with Crippen LogP contribution in [-0.4, -0.2) is 52.8 Å². The quantitative estimate of drug-likeness (QED) is 0.615. The van der Waals surface area contributed by atoms with E-state index in [1.54, 1.807) is 24.3 Å². The number of piperazine rings is 1. The number of nitriles is 1. The van der Waals surface area contributed by atoms with Crippen LogP contribution in [0.1, 0.15) is 31.0 Å². The molecule has 156 valence electrons. The second-order valence-corrected chi connectivity index (χ2v) is 8.26. The zero-order valence-corrected chi connectivity index (χ0v) is 17.0. The minimum atomic E-state index is -0.749. The van der Waals surface area contributed by atoms with Crippen LogP contribution >= 0.6 is 0 Å². The third-order valence-electron chi connectivity index (χ3n) is 5.98. The molecule has 4 rings (SSSR count). The zero-order valence-electron chi connectivity index (χ0n) is 17.0. The highest BCUT2D eigenvalue weighted by Gasteiger charge is 2.46. The van der Waals surface area contributed by atoms with Gasteiger partial charge in [0.25, 0.3) is 5.69 Å². The van der Waals surface area contributed by atoms with Crippen molar-refractivity contribution >= 4 is 11.4 Å². The third kappa shape index (κ3) is 3.58. The van der Waals surface area contributed by atoms with Gasteiger partial charge < -0.3 is 14.7 Å². The monoisotopic (exact) mass is 408 g/mol. The Hall–Kier alpha value is -3.15. The van der Waals surface area contributed by atoms with Crippen molar-refractivity contribution in [2.75, 3.05) is 31.1 Å². The summed E-state index contributed by atoms with van der Waals surface area (Å²) >= 11 is 0. The second-order valence-electron chi connectivity index (χ2n) is 8.26. The lowest BCUT2D eigenvalue weighted by atomic mass is 9.84. The molecule has 1 saturated heterocycles. The maximum absolute atomic E-state index is 11.1. The Balaban J connectivity index is 1.55. The van der Waals surface area contributed by atoms with Crippen LogP contribution in [0.25, 0.3) is 0 Å². The lowest BCUT2D eigenvalue weighted by Gasteiger charge is -2.48. The number of fused-ring (bicyclic) bond motifs is 1. The molecule has 30 heavy (non-hydrogen) atoms. The highest BCUT2D eigenvalue weighted by Crippen LogP contribution is 2.43. The molecule has 0 unspecified atom stereocenters. The highest BCUT2D eigenvalue weighted by atomic mass is 16.6. The van der Waals surface area contributed by atoms with Crippen LogP contribution in [0.2, 0.25) is 0 Å². The average molecular weight is 408 g/mol. The predicted molar refractivity (Wildman–Crippen MR) is 111 cm³/mol. The van der Waals surface area contributed by atoms with Crippen LogP contribution in [0.4, 0.5) is 11.4 Å². The summed E-state index contributed by atoms with van der Waals surface area (Å²) in [7, 11) is 0. The van der Waals surface area contributed by atoms with Crippen molar-refractivity contribution in [3.05, 3.63) is 63.7 Å². The van der Waals surface area contributed by atoms with Crippen LogP contribution < -0.4 is 9.64 Å². The normalized spacial score (nSPS) is 23.2. The van der Waals surface area contributed by atoms with E-state index >= 15 is 0 Å². The third-order valence-corrected chi connectivity index (χ3v) is 5.98. The summed E-state index contributed by atoms with van der Waals surface area (Å²) in [6, 6.07) is 13.8. The van der Waals surface area contributed by atoms with E-state index in [2.05, 4.69) is 15.9 Å². The van der Waals surface area contributed by atoms with Gasteiger partial charge in [-0.15, -0.1) is 0 Å². The standard InChI is InChI=1S/C22H24N4O4/c1-22(2)21(27)20(18-13-15(14-23)3-8-19(18)30-22)25-11-9-24(10-12-25)16-4-6-17(7-5-16)26(28)29/h3-8,13,20-21,27H,9-12H2,1-2H3/t20-,21+/m1/s1. The molecule has 2 aromatic rings. The number of nitro groups is 1. The molecule has 0 bridgehead atoms. The van der Waals surface area contributed by atoms with Crippen molar-refractivity contribution in [3.63, 3.8) is 0 Å². The molecule has 2 aliphatic heterocycles. The van der Waals surface area contributed by atoms with Gasteiger partial charge in [-0.05, 0) is 44.2 Å². The summed E-state index contributed by atoms with van der Waals surface area (Å²) in [6.07, 6.45) is -0.745. The number of anilines is 1. The number of nitro benzene ring substituents is 1. The molecule has 0 aliphatic carbocycles. The fourth-order valence-electron chi connectivity index (χ4n) is 4.28. The van der Waals surface area contributed by atoms with Gasteiger partial charge in [-0.1, -0.05) is 0 Å². The number of aliphatic hydroxyl groups excluding tert-OH is 1. The van der Waals surface area contributed by atoms with Gasteiger partial charge in [0, 0.05) is 49.6 Å². The van der Waals surface area contributed by atoms with E-state index in [0.29, 0.717) is 24.4 Å². The van der Waals surface area contributed by atoms with Crippen LogP contribution in [0.3, 0.4) is 0 Å². The minimum absolute atomic E-state index is 0.0786. The van der Waals surface area contributed by atoms with E-state index in [0.717, 1.165) is 24.3 Å². The van der Waals surface area contributed by atoms with E-state index in [9.17, 15) is 20.5 Å². The van der Waals surface area contributed by atoms with Crippen LogP contribution in [0, 0.1) is 21.4 Å². The first kappa shape index (κ1) is 20.1. The van der Waals surface area contributed by atoms with E-state index in [1.165, 1.54) is 12.1 Å². The van der Waals surface area contributed by atoms with Crippen molar-refractivity contribution < 1.29 is 14.8 Å². The molecule has 8 heteroatoms. The molecular formula is C22H24N4O4. The maximum Gasteiger partial charge on any atom is 0.269 e. The van der Waals surface area contributed by atoms with Crippen molar-refractivity contribution in [1.29, 1.82) is 5.26 Å². The van der Waals surface area contributed by atoms with Gasteiger partial charge >= 0.3 is 0 Å². The summed E-state index contributed by atoms with van der Waals surface area (Å²) in [6.45, 7) is 6.64. The van der Waals surface area contributed by atoms with E-state index < -0.39 is 16.6 Å². The average Bonchev–Trinajstić information content (AvgIpc) is 2.74. The zero-order chi connectivity index (χ0) is 21.5. The SMILES string of the molecule is CC1(C)Oc2ccc(C#N)cc2[C@@H](N2CCN(c3ccc([N+](=O)[O-])cc3)CC2)[C@@H]1O. The van der Waals surface area contributed by atoms with E-state index in [-0.39, 0.29) is 11.7 Å². The first-order chi connectivity index (χ1) is 14.3. The smallest absolute Gasteiger partial charge is 0.269 e. The topological polar surface area (TPSA) is 103 Å². The first-order valence-corrected chi connectivity index (χ1v) is 9.95. The van der Waals surface area contributed by atoms with Crippen molar-refractivity contribution in [3.8, 4) is 11.8 Å². The van der Waals surface area contributed by atoms with Gasteiger partial charge in [0.2, 0.25) is 0 Å². The fraction of sp³-hybridized carbons (Fsp3) is 0.409. The summed E-state index contributed by atoms with van der Waals surface area (Å²) < 4.78 is 6.02. The number of benzene rings is 2. The number of rotatable bonds is 3. The van der Waals surface area contributed by atoms with Gasteiger partial charge in [-0.2, -0.15) is 5.26 Å². The van der Waals surface area contributed by atoms with E-state index in [4.69, 9.17) is 4.74 Å². The molecule has 2 aliphatic rings. The molecule has 2 heterocycles. The van der Waals surface area contributed by atoms with Crippen molar-refractivity contribution in [1.82, 2.24) is 4.90 Å². The summed E-state index contributed by atoms with van der Waals surface area (Å²) in [5.74, 6) is 0.701. The van der Waals surface area contributed by atoms with Gasteiger partial charge in [0.15, 0.2) is 0 Å². The second kappa shape index (κ2) is 7.59. The number of hydrogen-bond donors (Lipinski definition) is 1. The molecule has 8 nitrogen and oxygen atoms in total. The lowest BCUT2D eigenvalue weighted by Crippen LogP contribution is -2.57. The molecule has 0 aromatic heterocycles. The van der Waals surface area contributed by atoms with Crippen LogP contribution in [-0.2, 0) is 0 Å². The molecule has 0 amide bonds. The Kier molecular flexibility index (Phi) is 5.10. The number of ether oxygens (including phenoxy) is 1. The van der Waals surface area contributed by atoms with Crippen molar-refractivity contribution in [2.24, 2.45) is 0 Å². The minimum Gasteiger partial charge on any atom is -0.485 e. The van der Waals surface area contributed by atoms with Crippen LogP contribution in [0.5, 0.6) is 5.75 Å². The number of nitrogens with zero attached hydrogens (tertiary/aromatic N) is 4. The van der Waals surface area contributed by atoms with Crippen LogP contribution in [0.15, 0.2) is 42.5 Å². The molecule has 2 atom stereocenters. The summed E-state index contributed by atoms with van der Waals surface area (Å²) in [4.78, 5) is 14.9. The Morgan fingerprint density at radius 3 is 2.43 bits per heavy atom. The largest absolute Gasteiger partial charge is 0.485 e. The molecular weight excluding hydrogens is 384 g/mol. The first-order valence-electron chi connectivity index (χ1n) is 9.95. The maximum atomic E-state index is 11.1. The molecule has 1 N–H and O–H groups in total. The molecule has 0 spiro atoms. The Labute approximate surface area is 175 Å². The number of hydrogen-bond acceptors (Lipinski definition) is 7. The highest BCUT2D eigenvalue weighted by molar-refractivity contribution is 5.51. The van der Waals surface area contributed by atoms with Gasteiger partial charge in [0.1, 0.15) is 17.5 Å². The summed E-state index contributed by atoms with van der Waals surface area (Å²) in [5.41, 5.74) is 1.65. The number of aliphatic hydroxyl groups is 1. The Morgan fingerprint density at radius 2 is 1.83 bits per heavy atom. The van der Waals surface area contributed by atoms with E-state index in [1.807, 2.05) is 19.9 Å². The Bertz CT molecular complexity index is 991. The molecule has 0 radical (unpaired) electrons. The number of non-ortho nitro benzene ring substituents is 1. The fourth-order valence-corrected chi connectivity index (χ4v) is 4.28. The summed E-state index contributed by atoms with van der Waals surface area (Å²) in [5, 5.41) is 31.3. The molecule has 2 aromatic carbocycles. The van der Waals surface area contributed by atoms with Gasteiger partial charge in [-0.25, -0.2) is 0 Å².